The highest BCUT2D eigenvalue weighted by Crippen LogP contribution is 2.20. The molecule has 1 unspecified atom stereocenters. The van der Waals surface area contributed by atoms with E-state index >= 15 is 0 Å². The van der Waals surface area contributed by atoms with E-state index in [2.05, 4.69) is 5.32 Å². The summed E-state index contributed by atoms with van der Waals surface area (Å²) in [6.07, 6.45) is 0.530. The number of likely N-dealkylation sites (N-methyl/N-ethyl adjacent to an activating group) is 1. The number of ether oxygens (including phenoxy) is 1. The SMILES string of the molecule is CCNC(C)(CCOc1cccc(N(C)C)c1)C(N)=O. The Morgan fingerprint density at radius 3 is 2.70 bits per heavy atom. The van der Waals surface area contributed by atoms with Crippen LogP contribution >= 0.6 is 0 Å². The molecule has 1 aromatic carbocycles. The van der Waals surface area contributed by atoms with E-state index in [4.69, 9.17) is 10.5 Å². The number of nitrogens with two attached hydrogens (primary N) is 1. The van der Waals surface area contributed by atoms with Gasteiger partial charge in [0, 0.05) is 32.3 Å². The van der Waals surface area contributed by atoms with Crippen molar-refractivity contribution >= 4 is 11.6 Å². The lowest BCUT2D eigenvalue weighted by Crippen LogP contribution is -2.53. The Bertz CT molecular complexity index is 448. The zero-order valence-corrected chi connectivity index (χ0v) is 12.8. The van der Waals surface area contributed by atoms with Gasteiger partial charge in [-0.05, 0) is 25.6 Å². The summed E-state index contributed by atoms with van der Waals surface area (Å²) < 4.78 is 5.71. The smallest absolute Gasteiger partial charge is 0.237 e. The molecule has 5 nitrogen and oxygen atoms in total. The molecule has 1 atom stereocenters. The van der Waals surface area contributed by atoms with Crippen LogP contribution in [-0.4, -0.2) is 38.7 Å². The normalized spacial score (nSPS) is 13.6. The van der Waals surface area contributed by atoms with Gasteiger partial charge in [-0.15, -0.1) is 0 Å². The van der Waals surface area contributed by atoms with Crippen LogP contribution < -0.4 is 20.7 Å². The van der Waals surface area contributed by atoms with Crippen LogP contribution in [0.1, 0.15) is 20.3 Å². The Morgan fingerprint density at radius 1 is 1.45 bits per heavy atom. The van der Waals surface area contributed by atoms with Gasteiger partial charge in [-0.1, -0.05) is 13.0 Å². The summed E-state index contributed by atoms with van der Waals surface area (Å²) in [6.45, 7) is 4.87. The van der Waals surface area contributed by atoms with Gasteiger partial charge in [-0.3, -0.25) is 4.79 Å². The fraction of sp³-hybridized carbons (Fsp3) is 0.533. The van der Waals surface area contributed by atoms with Gasteiger partial charge in [0.05, 0.1) is 12.1 Å². The number of amides is 1. The molecule has 0 aliphatic heterocycles. The molecule has 1 aromatic rings. The summed E-state index contributed by atoms with van der Waals surface area (Å²) in [7, 11) is 3.96. The molecule has 1 rings (SSSR count). The van der Waals surface area contributed by atoms with Crippen LogP contribution in [0.15, 0.2) is 24.3 Å². The van der Waals surface area contributed by atoms with Crippen LogP contribution in [0.3, 0.4) is 0 Å². The maximum Gasteiger partial charge on any atom is 0.237 e. The van der Waals surface area contributed by atoms with E-state index in [0.717, 1.165) is 11.4 Å². The van der Waals surface area contributed by atoms with Gasteiger partial charge in [0.1, 0.15) is 5.75 Å². The number of anilines is 1. The average Bonchev–Trinajstić information content (AvgIpc) is 2.39. The molecule has 0 spiro atoms. The first kappa shape index (κ1) is 16.3. The Labute approximate surface area is 121 Å². The number of hydrogen-bond donors (Lipinski definition) is 2. The number of primary amides is 1. The second kappa shape index (κ2) is 7.14. The van der Waals surface area contributed by atoms with Gasteiger partial charge in [-0.25, -0.2) is 0 Å². The van der Waals surface area contributed by atoms with E-state index in [1.54, 1.807) is 6.92 Å². The first-order valence-electron chi connectivity index (χ1n) is 6.84. The Balaban J connectivity index is 2.59. The maximum absolute atomic E-state index is 11.5. The summed E-state index contributed by atoms with van der Waals surface area (Å²) in [6, 6.07) is 7.83. The molecule has 0 fully saturated rings. The standard InChI is InChI=1S/C15H25N3O2/c1-5-17-15(2,14(16)19)9-10-20-13-8-6-7-12(11-13)18(3)4/h6-8,11,17H,5,9-10H2,1-4H3,(H2,16,19). The number of carbonyl (C=O) groups is 1. The molecule has 20 heavy (non-hydrogen) atoms. The second-order valence-corrected chi connectivity index (χ2v) is 5.22. The molecule has 112 valence electrons. The lowest BCUT2D eigenvalue weighted by Gasteiger charge is -2.26. The molecule has 0 radical (unpaired) electrons. The fourth-order valence-electron chi connectivity index (χ4n) is 1.91. The van der Waals surface area contributed by atoms with Crippen molar-refractivity contribution in [3.63, 3.8) is 0 Å². The maximum atomic E-state index is 11.5. The van der Waals surface area contributed by atoms with Crippen molar-refractivity contribution in [3.05, 3.63) is 24.3 Å². The van der Waals surface area contributed by atoms with Crippen LogP contribution in [-0.2, 0) is 4.79 Å². The third-order valence-electron chi connectivity index (χ3n) is 3.32. The van der Waals surface area contributed by atoms with Crippen molar-refractivity contribution in [2.75, 3.05) is 32.1 Å². The molecule has 0 aromatic heterocycles. The molecule has 0 aliphatic carbocycles. The highest BCUT2D eigenvalue weighted by molar-refractivity contribution is 5.84. The van der Waals surface area contributed by atoms with E-state index in [1.165, 1.54) is 0 Å². The Hall–Kier alpha value is -1.75. The highest BCUT2D eigenvalue weighted by atomic mass is 16.5. The minimum Gasteiger partial charge on any atom is -0.493 e. The highest BCUT2D eigenvalue weighted by Gasteiger charge is 2.29. The quantitative estimate of drug-likeness (QED) is 0.754. The van der Waals surface area contributed by atoms with E-state index in [1.807, 2.05) is 50.2 Å². The number of rotatable bonds is 8. The molecule has 0 saturated heterocycles. The summed E-state index contributed by atoms with van der Waals surface area (Å²) in [5.41, 5.74) is 5.78. The van der Waals surface area contributed by atoms with Crippen LogP contribution in [0.4, 0.5) is 5.69 Å². The van der Waals surface area contributed by atoms with Gasteiger partial charge in [0.15, 0.2) is 0 Å². The average molecular weight is 279 g/mol. The lowest BCUT2D eigenvalue weighted by atomic mass is 9.97. The number of carbonyl (C=O) groups excluding carboxylic acids is 1. The van der Waals surface area contributed by atoms with Gasteiger partial charge in [0.2, 0.25) is 5.91 Å². The summed E-state index contributed by atoms with van der Waals surface area (Å²) in [5.74, 6) is 0.435. The van der Waals surface area contributed by atoms with Crippen molar-refractivity contribution in [2.45, 2.75) is 25.8 Å². The van der Waals surface area contributed by atoms with Gasteiger partial charge >= 0.3 is 0 Å². The van der Waals surface area contributed by atoms with Crippen LogP contribution in [0, 0.1) is 0 Å². The van der Waals surface area contributed by atoms with Crippen molar-refractivity contribution < 1.29 is 9.53 Å². The minimum absolute atomic E-state index is 0.356. The van der Waals surface area contributed by atoms with Crippen molar-refractivity contribution in [2.24, 2.45) is 5.73 Å². The third-order valence-corrected chi connectivity index (χ3v) is 3.32. The first-order valence-corrected chi connectivity index (χ1v) is 6.84. The fourth-order valence-corrected chi connectivity index (χ4v) is 1.91. The molecule has 0 bridgehead atoms. The van der Waals surface area contributed by atoms with E-state index in [9.17, 15) is 4.79 Å². The predicted octanol–water partition coefficient (Wildman–Crippen LogP) is 1.38. The molecule has 0 heterocycles. The van der Waals surface area contributed by atoms with Gasteiger partial charge < -0.3 is 20.7 Å². The van der Waals surface area contributed by atoms with E-state index in [0.29, 0.717) is 19.6 Å². The Morgan fingerprint density at radius 2 is 2.15 bits per heavy atom. The number of nitrogens with one attached hydrogen (secondary N) is 1. The van der Waals surface area contributed by atoms with E-state index < -0.39 is 5.54 Å². The van der Waals surface area contributed by atoms with E-state index in [-0.39, 0.29) is 5.91 Å². The van der Waals surface area contributed by atoms with Crippen molar-refractivity contribution in [3.8, 4) is 5.75 Å². The number of benzene rings is 1. The van der Waals surface area contributed by atoms with Crippen LogP contribution in [0.2, 0.25) is 0 Å². The van der Waals surface area contributed by atoms with Gasteiger partial charge in [-0.2, -0.15) is 0 Å². The van der Waals surface area contributed by atoms with Gasteiger partial charge in [0.25, 0.3) is 0 Å². The summed E-state index contributed by atoms with van der Waals surface area (Å²) in [4.78, 5) is 13.5. The van der Waals surface area contributed by atoms with Crippen molar-refractivity contribution in [1.82, 2.24) is 5.32 Å². The number of nitrogens with zero attached hydrogens (tertiary/aromatic N) is 1. The lowest BCUT2D eigenvalue weighted by molar-refractivity contribution is -0.124. The molecule has 0 saturated carbocycles. The summed E-state index contributed by atoms with van der Waals surface area (Å²) in [5, 5.41) is 3.11. The molecule has 5 heteroatoms. The second-order valence-electron chi connectivity index (χ2n) is 5.22. The molecular formula is C15H25N3O2. The zero-order valence-electron chi connectivity index (χ0n) is 12.8. The molecular weight excluding hydrogens is 254 g/mol. The minimum atomic E-state index is -0.728. The third kappa shape index (κ3) is 4.42. The van der Waals surface area contributed by atoms with Crippen LogP contribution in [0.5, 0.6) is 5.75 Å². The topological polar surface area (TPSA) is 67.6 Å². The Kier molecular flexibility index (Phi) is 5.82. The number of hydrogen-bond acceptors (Lipinski definition) is 4. The largest absolute Gasteiger partial charge is 0.493 e. The molecule has 1 amide bonds. The summed E-state index contributed by atoms with van der Waals surface area (Å²) >= 11 is 0. The predicted molar refractivity (Wildman–Crippen MR) is 82.2 cm³/mol. The van der Waals surface area contributed by atoms with Crippen LogP contribution in [0.25, 0.3) is 0 Å². The molecule has 0 aliphatic rings. The zero-order chi connectivity index (χ0) is 15.2. The molecule has 3 N–H and O–H groups in total. The van der Waals surface area contributed by atoms with Crippen molar-refractivity contribution in [1.29, 1.82) is 0 Å². The first-order chi connectivity index (χ1) is 9.39. The monoisotopic (exact) mass is 279 g/mol.